The van der Waals surface area contributed by atoms with Crippen molar-refractivity contribution in [2.24, 2.45) is 5.41 Å². The van der Waals surface area contributed by atoms with Gasteiger partial charge < -0.3 is 14.4 Å². The number of carbonyl (C=O) groups is 1. The van der Waals surface area contributed by atoms with Gasteiger partial charge >= 0.3 is 5.97 Å². The standard InChI is InChI=1S/C12H20N2O4/c1-5-17-8(2)11-13-9(18-14-11)6-12(3,4)7-10(15)16/h8H,5-7H2,1-4H3,(H,15,16). The van der Waals surface area contributed by atoms with Crippen LogP contribution in [0.15, 0.2) is 4.52 Å². The second kappa shape index (κ2) is 5.95. The number of carboxylic acids is 1. The minimum absolute atomic E-state index is 0.0612. The highest BCUT2D eigenvalue weighted by Gasteiger charge is 2.26. The van der Waals surface area contributed by atoms with Gasteiger partial charge in [0.2, 0.25) is 5.89 Å². The first kappa shape index (κ1) is 14.6. The van der Waals surface area contributed by atoms with Crippen molar-refractivity contribution < 1.29 is 19.2 Å². The van der Waals surface area contributed by atoms with E-state index >= 15 is 0 Å². The summed E-state index contributed by atoms with van der Waals surface area (Å²) < 4.78 is 10.5. The molecule has 0 saturated carbocycles. The number of carboxylic acid groups (broad SMARTS) is 1. The molecule has 0 aliphatic heterocycles. The summed E-state index contributed by atoms with van der Waals surface area (Å²) >= 11 is 0. The van der Waals surface area contributed by atoms with E-state index in [9.17, 15) is 4.79 Å². The Morgan fingerprint density at radius 3 is 2.78 bits per heavy atom. The zero-order chi connectivity index (χ0) is 13.8. The van der Waals surface area contributed by atoms with E-state index in [-0.39, 0.29) is 12.5 Å². The average Bonchev–Trinajstić information content (AvgIpc) is 2.63. The van der Waals surface area contributed by atoms with Crippen LogP contribution in [-0.4, -0.2) is 27.8 Å². The molecule has 18 heavy (non-hydrogen) atoms. The molecule has 1 aromatic heterocycles. The Balaban J connectivity index is 2.66. The molecular weight excluding hydrogens is 236 g/mol. The van der Waals surface area contributed by atoms with Gasteiger partial charge in [-0.3, -0.25) is 4.79 Å². The van der Waals surface area contributed by atoms with Crippen molar-refractivity contribution in [2.45, 2.75) is 46.6 Å². The van der Waals surface area contributed by atoms with Crippen LogP contribution in [0.3, 0.4) is 0 Å². The van der Waals surface area contributed by atoms with Gasteiger partial charge in [-0.1, -0.05) is 19.0 Å². The predicted octanol–water partition coefficient (Wildman–Crippen LogP) is 2.21. The fourth-order valence-corrected chi connectivity index (χ4v) is 1.71. The highest BCUT2D eigenvalue weighted by Crippen LogP contribution is 2.25. The van der Waals surface area contributed by atoms with Crippen LogP contribution >= 0.6 is 0 Å². The lowest BCUT2D eigenvalue weighted by atomic mass is 9.86. The number of aliphatic carboxylic acids is 1. The lowest BCUT2D eigenvalue weighted by molar-refractivity contribution is -0.139. The summed E-state index contributed by atoms with van der Waals surface area (Å²) in [4.78, 5) is 14.9. The summed E-state index contributed by atoms with van der Waals surface area (Å²) in [6.45, 7) is 8.04. The third kappa shape index (κ3) is 4.44. The number of nitrogens with zero attached hydrogens (tertiary/aromatic N) is 2. The molecule has 102 valence electrons. The quantitative estimate of drug-likeness (QED) is 0.805. The van der Waals surface area contributed by atoms with Gasteiger partial charge in [-0.05, 0) is 19.3 Å². The van der Waals surface area contributed by atoms with Gasteiger partial charge in [-0.25, -0.2) is 0 Å². The van der Waals surface area contributed by atoms with Crippen LogP contribution in [0, 0.1) is 5.41 Å². The second-order valence-electron chi connectivity index (χ2n) is 5.06. The van der Waals surface area contributed by atoms with E-state index in [0.717, 1.165) is 0 Å². The predicted molar refractivity (Wildman–Crippen MR) is 64.1 cm³/mol. The van der Waals surface area contributed by atoms with E-state index in [4.69, 9.17) is 14.4 Å². The Labute approximate surface area is 106 Å². The lowest BCUT2D eigenvalue weighted by Crippen LogP contribution is -2.19. The average molecular weight is 256 g/mol. The maximum absolute atomic E-state index is 10.7. The van der Waals surface area contributed by atoms with Crippen molar-refractivity contribution in [1.82, 2.24) is 10.1 Å². The molecule has 1 N–H and O–H groups in total. The molecule has 1 aromatic rings. The van der Waals surface area contributed by atoms with Crippen LogP contribution < -0.4 is 0 Å². The van der Waals surface area contributed by atoms with Crippen LogP contribution in [-0.2, 0) is 16.0 Å². The molecule has 6 heteroatoms. The van der Waals surface area contributed by atoms with Crippen LogP contribution in [0.4, 0.5) is 0 Å². The van der Waals surface area contributed by atoms with Gasteiger partial charge in [0.1, 0.15) is 6.10 Å². The Morgan fingerprint density at radius 2 is 2.22 bits per heavy atom. The first-order chi connectivity index (χ1) is 8.34. The molecule has 0 spiro atoms. The lowest BCUT2D eigenvalue weighted by Gasteiger charge is -2.19. The maximum Gasteiger partial charge on any atom is 0.303 e. The molecule has 0 aliphatic rings. The summed E-state index contributed by atoms with van der Waals surface area (Å²) in [5.74, 6) is 0.114. The minimum atomic E-state index is -0.831. The monoisotopic (exact) mass is 256 g/mol. The molecule has 1 rings (SSSR count). The second-order valence-corrected chi connectivity index (χ2v) is 5.06. The first-order valence-electron chi connectivity index (χ1n) is 6.00. The Kier molecular flexibility index (Phi) is 4.84. The van der Waals surface area contributed by atoms with E-state index < -0.39 is 11.4 Å². The molecule has 0 amide bonds. The summed E-state index contributed by atoms with van der Waals surface area (Å²) in [5.41, 5.74) is -0.412. The third-order valence-corrected chi connectivity index (χ3v) is 2.52. The fourth-order valence-electron chi connectivity index (χ4n) is 1.71. The number of aromatic nitrogens is 2. The van der Waals surface area contributed by atoms with Crippen LogP contribution in [0.2, 0.25) is 0 Å². The molecule has 1 atom stereocenters. The molecule has 0 aliphatic carbocycles. The number of ether oxygens (including phenoxy) is 1. The highest BCUT2D eigenvalue weighted by atomic mass is 16.5. The molecule has 0 aromatic carbocycles. The van der Waals surface area contributed by atoms with Gasteiger partial charge in [0, 0.05) is 13.0 Å². The fraction of sp³-hybridized carbons (Fsp3) is 0.750. The van der Waals surface area contributed by atoms with Gasteiger partial charge in [0.25, 0.3) is 0 Å². The number of hydrogen-bond donors (Lipinski definition) is 1. The topological polar surface area (TPSA) is 85.5 Å². The largest absolute Gasteiger partial charge is 0.481 e. The van der Waals surface area contributed by atoms with Crippen molar-refractivity contribution in [3.05, 3.63) is 11.7 Å². The van der Waals surface area contributed by atoms with Crippen LogP contribution in [0.5, 0.6) is 0 Å². The van der Waals surface area contributed by atoms with Crippen LogP contribution in [0.25, 0.3) is 0 Å². The normalized spacial score (nSPS) is 13.6. The first-order valence-corrected chi connectivity index (χ1v) is 6.00. The number of rotatable bonds is 7. The van der Waals surface area contributed by atoms with Crippen molar-refractivity contribution in [2.75, 3.05) is 6.61 Å². The van der Waals surface area contributed by atoms with Gasteiger partial charge in [-0.15, -0.1) is 0 Å². The summed E-state index contributed by atoms with van der Waals surface area (Å²) in [7, 11) is 0. The Bertz CT molecular complexity index is 401. The summed E-state index contributed by atoms with van der Waals surface area (Å²) in [5, 5.41) is 12.6. The zero-order valence-corrected chi connectivity index (χ0v) is 11.3. The molecule has 1 unspecified atom stereocenters. The van der Waals surface area contributed by atoms with Crippen molar-refractivity contribution >= 4 is 5.97 Å². The van der Waals surface area contributed by atoms with E-state index in [1.54, 1.807) is 0 Å². The molecule has 6 nitrogen and oxygen atoms in total. The zero-order valence-electron chi connectivity index (χ0n) is 11.3. The number of hydrogen-bond acceptors (Lipinski definition) is 5. The van der Waals surface area contributed by atoms with E-state index in [0.29, 0.717) is 24.7 Å². The van der Waals surface area contributed by atoms with Gasteiger partial charge in [0.05, 0.1) is 6.42 Å². The molecule has 1 heterocycles. The van der Waals surface area contributed by atoms with Crippen molar-refractivity contribution in [3.8, 4) is 0 Å². The molecule has 0 saturated heterocycles. The van der Waals surface area contributed by atoms with E-state index in [2.05, 4.69) is 10.1 Å². The Morgan fingerprint density at radius 1 is 1.56 bits per heavy atom. The molecule has 0 bridgehead atoms. The molecular formula is C12H20N2O4. The van der Waals surface area contributed by atoms with Gasteiger partial charge in [0.15, 0.2) is 5.82 Å². The van der Waals surface area contributed by atoms with E-state index in [1.165, 1.54) is 0 Å². The maximum atomic E-state index is 10.7. The minimum Gasteiger partial charge on any atom is -0.481 e. The SMILES string of the molecule is CCOC(C)c1noc(CC(C)(C)CC(=O)O)n1. The van der Waals surface area contributed by atoms with E-state index in [1.807, 2.05) is 27.7 Å². The molecule has 0 radical (unpaired) electrons. The summed E-state index contributed by atoms with van der Waals surface area (Å²) in [6, 6.07) is 0. The smallest absolute Gasteiger partial charge is 0.303 e. The van der Waals surface area contributed by atoms with Crippen molar-refractivity contribution in [3.63, 3.8) is 0 Å². The third-order valence-electron chi connectivity index (χ3n) is 2.52. The molecule has 0 fully saturated rings. The van der Waals surface area contributed by atoms with Crippen LogP contribution in [0.1, 0.15) is 51.9 Å². The Hall–Kier alpha value is -1.43. The van der Waals surface area contributed by atoms with Gasteiger partial charge in [-0.2, -0.15) is 4.98 Å². The van der Waals surface area contributed by atoms with Crippen molar-refractivity contribution in [1.29, 1.82) is 0 Å². The summed E-state index contributed by atoms with van der Waals surface area (Å²) in [6.07, 6.45) is 0.284. The highest BCUT2D eigenvalue weighted by molar-refractivity contribution is 5.67.